The third kappa shape index (κ3) is 3.10. The minimum Gasteiger partial charge on any atom is -0.497 e. The van der Waals surface area contributed by atoms with E-state index in [0.717, 1.165) is 4.90 Å². The molecule has 2 aromatic carbocycles. The maximum absolute atomic E-state index is 13.2. The Balaban J connectivity index is 1.60. The summed E-state index contributed by atoms with van der Waals surface area (Å²) < 4.78 is 10.6. The summed E-state index contributed by atoms with van der Waals surface area (Å²) in [4.78, 5) is 44.0. The predicted molar refractivity (Wildman–Crippen MR) is 108 cm³/mol. The summed E-state index contributed by atoms with van der Waals surface area (Å²) >= 11 is 0. The van der Waals surface area contributed by atoms with Crippen LogP contribution in [0.2, 0.25) is 0 Å². The van der Waals surface area contributed by atoms with Crippen LogP contribution in [-0.2, 0) is 14.4 Å². The molecular formula is C22H20N2O6. The van der Waals surface area contributed by atoms with Gasteiger partial charge in [-0.1, -0.05) is 5.16 Å². The van der Waals surface area contributed by atoms with Crippen LogP contribution in [0.4, 0.5) is 5.69 Å². The van der Waals surface area contributed by atoms with Crippen molar-refractivity contribution in [3.05, 3.63) is 53.6 Å². The minimum atomic E-state index is -1.38. The highest BCUT2D eigenvalue weighted by Gasteiger charge is 2.58. The number of Topliss-reactive ketones (excluding diaryl/α,β-unsaturated/α-hetero) is 1. The fourth-order valence-corrected chi connectivity index (χ4v) is 3.69. The van der Waals surface area contributed by atoms with Crippen LogP contribution in [0, 0.1) is 0 Å². The van der Waals surface area contributed by atoms with Gasteiger partial charge in [0.15, 0.2) is 5.78 Å². The number of nitrogens with zero attached hydrogens (tertiary/aromatic N) is 2. The number of hydrogen-bond acceptors (Lipinski definition) is 7. The van der Waals surface area contributed by atoms with Crippen molar-refractivity contribution in [1.82, 2.24) is 0 Å². The molecule has 1 spiro atoms. The first-order valence-corrected chi connectivity index (χ1v) is 9.34. The second-order valence-corrected chi connectivity index (χ2v) is 7.18. The molecule has 2 aromatic rings. The predicted octanol–water partition coefficient (Wildman–Crippen LogP) is 2.73. The van der Waals surface area contributed by atoms with Gasteiger partial charge in [-0.05, 0) is 43.3 Å². The van der Waals surface area contributed by atoms with Crippen molar-refractivity contribution >= 4 is 29.0 Å². The van der Waals surface area contributed by atoms with E-state index in [-0.39, 0.29) is 24.5 Å². The van der Waals surface area contributed by atoms with Crippen LogP contribution < -0.4 is 14.4 Å². The van der Waals surface area contributed by atoms with Crippen molar-refractivity contribution in [1.29, 1.82) is 0 Å². The number of ketones is 1. The molecule has 2 amide bonds. The largest absolute Gasteiger partial charge is 0.497 e. The number of amides is 2. The van der Waals surface area contributed by atoms with E-state index >= 15 is 0 Å². The van der Waals surface area contributed by atoms with E-state index in [1.165, 1.54) is 14.0 Å². The standard InChI is InChI=1S/C22H20N2O6/c1-13(25)14-4-6-15(7-5-14)24-20(26)12-22(21(24)27)11-18(23-30-22)17-9-8-16(28-2)10-19(17)29-3/h4-10H,11-12H2,1-3H3. The number of rotatable bonds is 5. The number of carbonyl (C=O) groups excluding carboxylic acids is 3. The maximum atomic E-state index is 13.2. The lowest BCUT2D eigenvalue weighted by molar-refractivity contribution is -0.136. The molecule has 0 aliphatic carbocycles. The van der Waals surface area contributed by atoms with E-state index in [0.29, 0.717) is 34.0 Å². The number of ether oxygens (including phenoxy) is 2. The third-order valence-electron chi connectivity index (χ3n) is 5.31. The Hall–Kier alpha value is -3.68. The monoisotopic (exact) mass is 408 g/mol. The lowest BCUT2D eigenvalue weighted by Crippen LogP contribution is -2.40. The van der Waals surface area contributed by atoms with Gasteiger partial charge in [-0.2, -0.15) is 0 Å². The summed E-state index contributed by atoms with van der Waals surface area (Å²) in [6.07, 6.45) is 0.0219. The first-order valence-electron chi connectivity index (χ1n) is 9.34. The molecule has 1 unspecified atom stereocenters. The molecule has 154 valence electrons. The molecule has 1 saturated heterocycles. The topological polar surface area (TPSA) is 94.5 Å². The maximum Gasteiger partial charge on any atom is 0.281 e. The molecule has 8 heteroatoms. The van der Waals surface area contributed by atoms with Crippen LogP contribution in [-0.4, -0.2) is 43.1 Å². The zero-order valence-corrected chi connectivity index (χ0v) is 16.8. The average Bonchev–Trinajstić information content (AvgIpc) is 3.28. The molecule has 1 fully saturated rings. The second kappa shape index (κ2) is 7.29. The summed E-state index contributed by atoms with van der Waals surface area (Å²) in [5.74, 6) is 0.199. The molecule has 4 rings (SSSR count). The number of imide groups is 1. The Kier molecular flexibility index (Phi) is 4.77. The Labute approximate surface area is 173 Å². The molecule has 0 N–H and O–H groups in total. The summed E-state index contributed by atoms with van der Waals surface area (Å²) in [5.41, 5.74) is 0.702. The quantitative estimate of drug-likeness (QED) is 0.558. The first kappa shape index (κ1) is 19.6. The van der Waals surface area contributed by atoms with Crippen molar-refractivity contribution in [2.75, 3.05) is 19.1 Å². The first-order chi connectivity index (χ1) is 14.4. The van der Waals surface area contributed by atoms with Crippen molar-refractivity contribution in [2.45, 2.75) is 25.4 Å². The zero-order valence-electron chi connectivity index (χ0n) is 16.8. The molecule has 0 aromatic heterocycles. The van der Waals surface area contributed by atoms with Crippen LogP contribution >= 0.6 is 0 Å². The van der Waals surface area contributed by atoms with Gasteiger partial charge < -0.3 is 14.3 Å². The highest BCUT2D eigenvalue weighted by atomic mass is 16.7. The van der Waals surface area contributed by atoms with Gasteiger partial charge in [0.1, 0.15) is 11.5 Å². The minimum absolute atomic E-state index is 0.0947. The molecule has 2 aliphatic heterocycles. The summed E-state index contributed by atoms with van der Waals surface area (Å²) in [6, 6.07) is 11.6. The van der Waals surface area contributed by atoms with Gasteiger partial charge in [0.05, 0.1) is 32.0 Å². The summed E-state index contributed by atoms with van der Waals surface area (Å²) in [5, 5.41) is 4.11. The van der Waals surface area contributed by atoms with Crippen LogP contribution in [0.1, 0.15) is 35.7 Å². The molecule has 2 aliphatic rings. The average molecular weight is 408 g/mol. The number of oxime groups is 1. The van der Waals surface area contributed by atoms with Crippen LogP contribution in [0.5, 0.6) is 11.5 Å². The molecule has 0 radical (unpaired) electrons. The fourth-order valence-electron chi connectivity index (χ4n) is 3.69. The molecule has 30 heavy (non-hydrogen) atoms. The van der Waals surface area contributed by atoms with Gasteiger partial charge in [0.2, 0.25) is 11.5 Å². The number of benzene rings is 2. The highest BCUT2D eigenvalue weighted by Crippen LogP contribution is 2.40. The van der Waals surface area contributed by atoms with E-state index in [1.54, 1.807) is 49.6 Å². The van der Waals surface area contributed by atoms with E-state index in [4.69, 9.17) is 14.3 Å². The van der Waals surface area contributed by atoms with Gasteiger partial charge in [0, 0.05) is 23.6 Å². The fraction of sp³-hybridized carbons (Fsp3) is 0.273. The van der Waals surface area contributed by atoms with Gasteiger partial charge in [-0.25, -0.2) is 4.90 Å². The van der Waals surface area contributed by atoms with Crippen LogP contribution in [0.15, 0.2) is 47.6 Å². The molecule has 8 nitrogen and oxygen atoms in total. The Morgan fingerprint density at radius 2 is 1.80 bits per heavy atom. The Morgan fingerprint density at radius 1 is 1.07 bits per heavy atom. The lowest BCUT2D eigenvalue weighted by Gasteiger charge is -2.19. The van der Waals surface area contributed by atoms with Gasteiger partial charge >= 0.3 is 0 Å². The molecule has 1 atom stereocenters. The SMILES string of the molecule is COc1ccc(C2=NOC3(CC(=O)N(c4ccc(C(C)=O)cc4)C3=O)C2)c(OC)c1. The van der Waals surface area contributed by atoms with E-state index in [1.807, 2.05) is 0 Å². The van der Waals surface area contributed by atoms with Gasteiger partial charge in [0.25, 0.3) is 5.91 Å². The molecule has 0 saturated carbocycles. The number of carbonyl (C=O) groups is 3. The van der Waals surface area contributed by atoms with Crippen molar-refractivity contribution < 1.29 is 28.7 Å². The number of anilines is 1. The van der Waals surface area contributed by atoms with Crippen molar-refractivity contribution in [2.24, 2.45) is 5.16 Å². The highest BCUT2D eigenvalue weighted by molar-refractivity contribution is 6.26. The number of hydrogen-bond donors (Lipinski definition) is 0. The van der Waals surface area contributed by atoms with Crippen LogP contribution in [0.3, 0.4) is 0 Å². The second-order valence-electron chi connectivity index (χ2n) is 7.18. The smallest absolute Gasteiger partial charge is 0.281 e. The van der Waals surface area contributed by atoms with Crippen molar-refractivity contribution in [3.63, 3.8) is 0 Å². The van der Waals surface area contributed by atoms with Crippen LogP contribution in [0.25, 0.3) is 0 Å². The van der Waals surface area contributed by atoms with E-state index in [9.17, 15) is 14.4 Å². The Morgan fingerprint density at radius 3 is 2.43 bits per heavy atom. The molecule has 2 heterocycles. The van der Waals surface area contributed by atoms with E-state index < -0.39 is 11.5 Å². The molecular weight excluding hydrogens is 388 g/mol. The third-order valence-corrected chi connectivity index (χ3v) is 5.31. The normalized spacial score (nSPS) is 20.4. The van der Waals surface area contributed by atoms with Gasteiger partial charge in [-0.15, -0.1) is 0 Å². The zero-order chi connectivity index (χ0) is 21.5. The molecule has 0 bridgehead atoms. The summed E-state index contributed by atoms with van der Waals surface area (Å²) in [6.45, 7) is 1.45. The van der Waals surface area contributed by atoms with Crippen molar-refractivity contribution in [3.8, 4) is 11.5 Å². The van der Waals surface area contributed by atoms with Gasteiger partial charge in [-0.3, -0.25) is 14.4 Å². The number of methoxy groups -OCH3 is 2. The summed E-state index contributed by atoms with van der Waals surface area (Å²) in [7, 11) is 3.08. The van der Waals surface area contributed by atoms with E-state index in [2.05, 4.69) is 5.16 Å². The Bertz CT molecular complexity index is 1080. The lowest BCUT2D eigenvalue weighted by atomic mass is 9.92.